The van der Waals surface area contributed by atoms with Crippen molar-refractivity contribution in [3.63, 3.8) is 0 Å². The number of hydrogen-bond donors (Lipinski definition) is 2. The smallest absolute Gasteiger partial charge is 0.328 e. The molecule has 0 aliphatic heterocycles. The number of amides is 1. The number of H-pyrrole nitrogens is 1. The maximum Gasteiger partial charge on any atom is 0.328 e. The number of aromatic amines is 1. The van der Waals surface area contributed by atoms with Crippen molar-refractivity contribution in [3.05, 3.63) is 32.6 Å². The van der Waals surface area contributed by atoms with Crippen LogP contribution in [-0.2, 0) is 21.4 Å². The summed E-state index contributed by atoms with van der Waals surface area (Å²) in [5.41, 5.74) is -0.902. The molecule has 0 aromatic carbocycles. The van der Waals surface area contributed by atoms with Crippen LogP contribution in [0.25, 0.3) is 0 Å². The van der Waals surface area contributed by atoms with Gasteiger partial charge in [-0.05, 0) is 6.42 Å². The van der Waals surface area contributed by atoms with Crippen LogP contribution in [0.2, 0.25) is 0 Å². The lowest BCUT2D eigenvalue weighted by Crippen LogP contribution is -2.29. The van der Waals surface area contributed by atoms with Gasteiger partial charge in [-0.15, -0.1) is 0 Å². The number of carbonyl (C=O) groups is 2. The number of aryl methyl sites for hydroxylation is 1. The maximum atomic E-state index is 11.7. The van der Waals surface area contributed by atoms with Crippen LogP contribution >= 0.6 is 0 Å². The Labute approximate surface area is 139 Å². The van der Waals surface area contributed by atoms with Gasteiger partial charge >= 0.3 is 11.7 Å². The molecule has 8 nitrogen and oxygen atoms in total. The largest absolute Gasteiger partial charge is 0.461 e. The summed E-state index contributed by atoms with van der Waals surface area (Å²) in [7, 11) is 3.01. The summed E-state index contributed by atoms with van der Waals surface area (Å²) in [6.45, 7) is 1.84. The van der Waals surface area contributed by atoms with Crippen LogP contribution in [-0.4, -0.2) is 34.6 Å². The van der Waals surface area contributed by atoms with Gasteiger partial charge in [-0.2, -0.15) is 0 Å². The van der Waals surface area contributed by atoms with E-state index in [1.165, 1.54) is 24.9 Å². The summed E-state index contributed by atoms with van der Waals surface area (Å²) in [5, 5.41) is 2.43. The molecule has 1 atom stereocenters. The predicted molar refractivity (Wildman–Crippen MR) is 87.3 cm³/mol. The highest BCUT2D eigenvalue weighted by atomic mass is 16.5. The molecule has 0 aliphatic carbocycles. The summed E-state index contributed by atoms with van der Waals surface area (Å²) in [4.78, 5) is 47.7. The van der Waals surface area contributed by atoms with Crippen molar-refractivity contribution in [1.29, 1.82) is 0 Å². The first-order valence-corrected chi connectivity index (χ1v) is 7.56. The van der Waals surface area contributed by atoms with Crippen molar-refractivity contribution >= 4 is 11.9 Å². The van der Waals surface area contributed by atoms with E-state index in [1.807, 2.05) is 6.92 Å². The molecule has 130 valence electrons. The molecule has 0 unspecified atom stereocenters. The van der Waals surface area contributed by atoms with E-state index in [0.29, 0.717) is 6.42 Å². The topological polar surface area (TPSA) is 110 Å². The van der Waals surface area contributed by atoms with E-state index in [9.17, 15) is 19.2 Å². The molecule has 1 aromatic heterocycles. The molecular formula is C16H21N3O5. The Balaban J connectivity index is 2.63. The fourth-order valence-corrected chi connectivity index (χ4v) is 1.77. The van der Waals surface area contributed by atoms with Gasteiger partial charge in [0, 0.05) is 33.1 Å². The Bertz CT molecular complexity index is 766. The quantitative estimate of drug-likeness (QED) is 0.546. The molecule has 0 spiro atoms. The third kappa shape index (κ3) is 6.12. The average molecular weight is 335 g/mol. The lowest BCUT2D eigenvalue weighted by molar-refractivity contribution is -0.150. The standard InChI is InChI=1S/C16H21N3O5/c1-4-12(24-14(21)9-8-13(20)17-2)7-5-6-11-10-19(3)16(23)18-15(11)22/h10,12H,4,7-9H2,1-3H3,(H,17,20)(H,18,22,23)/t12-/m1/s1. The van der Waals surface area contributed by atoms with Gasteiger partial charge in [0.15, 0.2) is 0 Å². The van der Waals surface area contributed by atoms with E-state index in [0.717, 1.165) is 0 Å². The summed E-state index contributed by atoms with van der Waals surface area (Å²) < 4.78 is 6.47. The van der Waals surface area contributed by atoms with Gasteiger partial charge in [0.1, 0.15) is 11.7 Å². The maximum absolute atomic E-state index is 11.7. The lowest BCUT2D eigenvalue weighted by atomic mass is 10.2. The van der Waals surface area contributed by atoms with Crippen LogP contribution < -0.4 is 16.6 Å². The van der Waals surface area contributed by atoms with Gasteiger partial charge in [0.25, 0.3) is 5.56 Å². The van der Waals surface area contributed by atoms with Crippen molar-refractivity contribution in [2.75, 3.05) is 7.05 Å². The van der Waals surface area contributed by atoms with Gasteiger partial charge in [-0.1, -0.05) is 18.8 Å². The van der Waals surface area contributed by atoms with Gasteiger partial charge in [0.05, 0.1) is 6.42 Å². The molecule has 0 fully saturated rings. The van der Waals surface area contributed by atoms with Crippen LogP contribution in [0.4, 0.5) is 0 Å². The summed E-state index contributed by atoms with van der Waals surface area (Å²) in [5.74, 6) is 4.76. The molecule has 8 heteroatoms. The Kier molecular flexibility index (Phi) is 7.49. The van der Waals surface area contributed by atoms with Crippen molar-refractivity contribution < 1.29 is 14.3 Å². The number of nitrogens with zero attached hydrogens (tertiary/aromatic N) is 1. The first-order chi connectivity index (χ1) is 11.4. The molecule has 1 aromatic rings. The van der Waals surface area contributed by atoms with E-state index in [2.05, 4.69) is 22.1 Å². The normalized spacial score (nSPS) is 11.1. The van der Waals surface area contributed by atoms with Gasteiger partial charge in [-0.3, -0.25) is 19.4 Å². The minimum absolute atomic E-state index is 0.00403. The number of ether oxygens (including phenoxy) is 1. The number of hydrogen-bond acceptors (Lipinski definition) is 5. The van der Waals surface area contributed by atoms with Gasteiger partial charge in [0.2, 0.25) is 5.91 Å². The van der Waals surface area contributed by atoms with Crippen molar-refractivity contribution in [2.24, 2.45) is 7.05 Å². The van der Waals surface area contributed by atoms with Crippen LogP contribution in [0.3, 0.4) is 0 Å². The van der Waals surface area contributed by atoms with Crippen molar-refractivity contribution in [2.45, 2.75) is 38.7 Å². The molecule has 1 rings (SSSR count). The van der Waals surface area contributed by atoms with E-state index >= 15 is 0 Å². The van der Waals surface area contributed by atoms with E-state index < -0.39 is 23.3 Å². The molecule has 0 bridgehead atoms. The first kappa shape index (κ1) is 19.2. The zero-order valence-corrected chi connectivity index (χ0v) is 14.0. The van der Waals surface area contributed by atoms with E-state index in [1.54, 1.807) is 0 Å². The second kappa shape index (κ2) is 9.35. The Morgan fingerprint density at radius 2 is 2.08 bits per heavy atom. The first-order valence-electron chi connectivity index (χ1n) is 7.56. The average Bonchev–Trinajstić information content (AvgIpc) is 2.56. The van der Waals surface area contributed by atoms with Crippen LogP contribution in [0.1, 0.15) is 38.2 Å². The summed E-state index contributed by atoms with van der Waals surface area (Å²) in [6.07, 6.45) is 1.83. The Morgan fingerprint density at radius 3 is 2.71 bits per heavy atom. The van der Waals surface area contributed by atoms with E-state index in [4.69, 9.17) is 4.74 Å². The van der Waals surface area contributed by atoms with Crippen LogP contribution in [0.15, 0.2) is 15.8 Å². The summed E-state index contributed by atoms with van der Waals surface area (Å²) >= 11 is 0. The summed E-state index contributed by atoms with van der Waals surface area (Å²) in [6, 6.07) is 0. The highest BCUT2D eigenvalue weighted by Crippen LogP contribution is 2.06. The molecule has 0 saturated carbocycles. The number of esters is 1. The van der Waals surface area contributed by atoms with Gasteiger partial charge in [-0.25, -0.2) is 4.79 Å². The third-order valence-electron chi connectivity index (χ3n) is 3.25. The minimum Gasteiger partial charge on any atom is -0.461 e. The SMILES string of the molecule is CC[C@H](CC#Cc1cn(C)c(=O)[nH]c1=O)OC(=O)CCC(=O)NC. The second-order valence-electron chi connectivity index (χ2n) is 5.11. The fourth-order valence-electron chi connectivity index (χ4n) is 1.77. The molecule has 0 radical (unpaired) electrons. The zero-order valence-electron chi connectivity index (χ0n) is 14.0. The van der Waals surface area contributed by atoms with Crippen molar-refractivity contribution in [3.8, 4) is 11.8 Å². The number of carbonyl (C=O) groups excluding carboxylic acids is 2. The molecule has 1 amide bonds. The Hall–Kier alpha value is -2.82. The van der Waals surface area contributed by atoms with Gasteiger partial charge < -0.3 is 14.6 Å². The fraction of sp³-hybridized carbons (Fsp3) is 0.500. The third-order valence-corrected chi connectivity index (χ3v) is 3.25. The van der Waals surface area contributed by atoms with Crippen LogP contribution in [0, 0.1) is 11.8 Å². The zero-order chi connectivity index (χ0) is 18.1. The highest BCUT2D eigenvalue weighted by Gasteiger charge is 2.12. The minimum atomic E-state index is -0.554. The Morgan fingerprint density at radius 1 is 1.38 bits per heavy atom. The number of nitrogens with one attached hydrogen (secondary N) is 2. The molecule has 0 saturated heterocycles. The lowest BCUT2D eigenvalue weighted by Gasteiger charge is -2.13. The predicted octanol–water partition coefficient (Wildman–Crippen LogP) is -0.337. The number of rotatable bonds is 6. The van der Waals surface area contributed by atoms with Crippen LogP contribution in [0.5, 0.6) is 0 Å². The molecule has 0 aliphatic rings. The molecule has 24 heavy (non-hydrogen) atoms. The molecule has 2 N–H and O–H groups in total. The van der Waals surface area contributed by atoms with E-state index in [-0.39, 0.29) is 30.7 Å². The highest BCUT2D eigenvalue weighted by molar-refractivity contribution is 5.81. The molecule has 1 heterocycles. The second-order valence-corrected chi connectivity index (χ2v) is 5.11. The number of aromatic nitrogens is 2. The molecular weight excluding hydrogens is 314 g/mol. The monoisotopic (exact) mass is 335 g/mol. The van der Waals surface area contributed by atoms with Crippen molar-refractivity contribution in [1.82, 2.24) is 14.9 Å².